The minimum absolute atomic E-state index is 0.239. The summed E-state index contributed by atoms with van der Waals surface area (Å²) in [5.74, 6) is 1.01. The first-order valence-corrected chi connectivity index (χ1v) is 8.51. The second kappa shape index (κ2) is 7.91. The summed E-state index contributed by atoms with van der Waals surface area (Å²) >= 11 is 0. The zero-order valence-electron chi connectivity index (χ0n) is 15.6. The largest absolute Gasteiger partial charge is 0.493 e. The Bertz CT molecular complexity index is 939. The molecule has 0 saturated heterocycles. The molecule has 0 bridgehead atoms. The Morgan fingerprint density at radius 1 is 1.19 bits per heavy atom. The van der Waals surface area contributed by atoms with Crippen LogP contribution in [0.1, 0.15) is 23.6 Å². The highest BCUT2D eigenvalue weighted by atomic mass is 16.6. The number of cyclic esters (lactones) is 1. The van der Waals surface area contributed by atoms with Gasteiger partial charge in [0.15, 0.2) is 17.2 Å². The summed E-state index contributed by atoms with van der Waals surface area (Å²) in [5, 5.41) is 0. The fourth-order valence-electron chi connectivity index (χ4n) is 2.48. The number of ether oxygens (including phenoxy) is 3. The van der Waals surface area contributed by atoms with Crippen molar-refractivity contribution in [3.63, 3.8) is 0 Å². The molecule has 5 heteroatoms. The Labute approximate surface area is 158 Å². The molecule has 0 saturated carbocycles. The van der Waals surface area contributed by atoms with Crippen molar-refractivity contribution in [3.8, 4) is 11.5 Å². The first kappa shape index (κ1) is 18.5. The van der Waals surface area contributed by atoms with Crippen LogP contribution in [-0.4, -0.2) is 25.6 Å². The summed E-state index contributed by atoms with van der Waals surface area (Å²) < 4.78 is 16.3. The lowest BCUT2D eigenvalue weighted by Crippen LogP contribution is -2.05. The molecule has 3 rings (SSSR count). The van der Waals surface area contributed by atoms with Crippen LogP contribution in [0.2, 0.25) is 0 Å². The van der Waals surface area contributed by atoms with Gasteiger partial charge in [-0.2, -0.15) is 0 Å². The average molecular weight is 363 g/mol. The van der Waals surface area contributed by atoms with E-state index in [9.17, 15) is 4.79 Å². The molecule has 2 aromatic carbocycles. The molecule has 0 fully saturated rings. The Hall–Kier alpha value is -3.34. The Balaban J connectivity index is 1.85. The van der Waals surface area contributed by atoms with Crippen LogP contribution in [0.15, 0.2) is 65.3 Å². The predicted octanol–water partition coefficient (Wildman–Crippen LogP) is 4.30. The first-order chi connectivity index (χ1) is 13.0. The molecule has 0 radical (unpaired) electrons. The number of benzene rings is 2. The summed E-state index contributed by atoms with van der Waals surface area (Å²) in [6.07, 6.45) is 1.66. The Morgan fingerprint density at radius 2 is 1.93 bits per heavy atom. The molecule has 0 amide bonds. The van der Waals surface area contributed by atoms with Crippen LogP contribution in [0, 0.1) is 6.92 Å². The number of hydrogen-bond donors (Lipinski definition) is 0. The van der Waals surface area contributed by atoms with Crippen molar-refractivity contribution in [2.75, 3.05) is 13.7 Å². The number of carbonyl (C=O) groups excluding carboxylic acids is 1. The molecule has 0 aliphatic carbocycles. The molecule has 0 aromatic heterocycles. The van der Waals surface area contributed by atoms with Crippen molar-refractivity contribution in [1.82, 2.24) is 0 Å². The van der Waals surface area contributed by atoms with Gasteiger partial charge in [-0.1, -0.05) is 30.3 Å². The lowest BCUT2D eigenvalue weighted by Gasteiger charge is -2.11. The van der Waals surface area contributed by atoms with Crippen molar-refractivity contribution in [3.05, 3.63) is 77.0 Å². The van der Waals surface area contributed by atoms with Gasteiger partial charge in [0.05, 0.1) is 7.11 Å². The van der Waals surface area contributed by atoms with Crippen molar-refractivity contribution in [1.29, 1.82) is 0 Å². The highest BCUT2D eigenvalue weighted by molar-refractivity contribution is 6.12. The van der Waals surface area contributed by atoms with Crippen molar-refractivity contribution < 1.29 is 19.0 Å². The van der Waals surface area contributed by atoms with E-state index >= 15 is 0 Å². The fourth-order valence-corrected chi connectivity index (χ4v) is 2.48. The van der Waals surface area contributed by atoms with E-state index in [2.05, 4.69) is 11.6 Å². The van der Waals surface area contributed by atoms with Gasteiger partial charge < -0.3 is 14.2 Å². The normalized spacial score (nSPS) is 14.7. The summed E-state index contributed by atoms with van der Waals surface area (Å²) in [5.41, 5.74) is 3.80. The zero-order valence-corrected chi connectivity index (χ0v) is 15.6. The maximum Gasteiger partial charge on any atom is 0.363 e. The van der Waals surface area contributed by atoms with Crippen LogP contribution in [-0.2, 0) is 9.53 Å². The fraction of sp³-hybridized carbons (Fsp3) is 0.182. The van der Waals surface area contributed by atoms with Gasteiger partial charge in [-0.25, -0.2) is 9.79 Å². The molecule has 1 aliphatic heterocycles. The number of carbonyl (C=O) groups is 1. The zero-order chi connectivity index (χ0) is 19.4. The van der Waals surface area contributed by atoms with E-state index in [1.807, 2.05) is 44.2 Å². The number of esters is 1. The lowest BCUT2D eigenvalue weighted by molar-refractivity contribution is -0.129. The molecule has 0 spiro atoms. The van der Waals surface area contributed by atoms with E-state index in [0.717, 1.165) is 22.3 Å². The monoisotopic (exact) mass is 363 g/mol. The maximum absolute atomic E-state index is 12.2. The van der Waals surface area contributed by atoms with Gasteiger partial charge in [0.2, 0.25) is 5.90 Å². The third-order valence-corrected chi connectivity index (χ3v) is 3.88. The van der Waals surface area contributed by atoms with Gasteiger partial charge in [0.1, 0.15) is 6.61 Å². The van der Waals surface area contributed by atoms with Crippen molar-refractivity contribution in [2.45, 2.75) is 13.8 Å². The van der Waals surface area contributed by atoms with Crippen LogP contribution in [0.25, 0.3) is 6.08 Å². The second-order valence-corrected chi connectivity index (χ2v) is 6.36. The Morgan fingerprint density at radius 3 is 2.59 bits per heavy atom. The average Bonchev–Trinajstić information content (AvgIpc) is 3.01. The highest BCUT2D eigenvalue weighted by Crippen LogP contribution is 2.30. The van der Waals surface area contributed by atoms with Crippen molar-refractivity contribution >= 4 is 17.9 Å². The molecule has 1 aliphatic rings. The quantitative estimate of drug-likeness (QED) is 0.436. The van der Waals surface area contributed by atoms with E-state index in [-0.39, 0.29) is 5.70 Å². The summed E-state index contributed by atoms with van der Waals surface area (Å²) in [7, 11) is 1.57. The topological polar surface area (TPSA) is 57.1 Å². The number of aryl methyl sites for hydroxylation is 1. The van der Waals surface area contributed by atoms with Gasteiger partial charge in [-0.05, 0) is 55.3 Å². The number of aliphatic imine (C=N–C) groups is 1. The van der Waals surface area contributed by atoms with Gasteiger partial charge in [-0.3, -0.25) is 0 Å². The third kappa shape index (κ3) is 4.44. The highest BCUT2D eigenvalue weighted by Gasteiger charge is 2.24. The number of rotatable bonds is 6. The van der Waals surface area contributed by atoms with E-state index < -0.39 is 5.97 Å². The molecule has 27 heavy (non-hydrogen) atoms. The predicted molar refractivity (Wildman–Crippen MR) is 105 cm³/mol. The standard InChI is InChI=1S/C22H21NO4/c1-14(2)13-26-19-10-7-16(12-20(19)25-4)11-18-22(24)27-21(23-18)17-8-5-15(3)6-9-17/h5-12H,1,13H2,2-4H3/b18-11-. The van der Waals surface area contributed by atoms with Crippen molar-refractivity contribution in [2.24, 2.45) is 4.99 Å². The van der Waals surface area contributed by atoms with E-state index in [1.54, 1.807) is 25.3 Å². The Kier molecular flexibility index (Phi) is 5.41. The minimum atomic E-state index is -0.479. The van der Waals surface area contributed by atoms with Crippen LogP contribution >= 0.6 is 0 Å². The van der Waals surface area contributed by atoms with Gasteiger partial charge in [-0.15, -0.1) is 0 Å². The van der Waals surface area contributed by atoms with Gasteiger partial charge in [0.25, 0.3) is 0 Å². The molecule has 5 nitrogen and oxygen atoms in total. The number of nitrogens with zero attached hydrogens (tertiary/aromatic N) is 1. The lowest BCUT2D eigenvalue weighted by atomic mass is 10.1. The van der Waals surface area contributed by atoms with Crippen LogP contribution in [0.4, 0.5) is 0 Å². The maximum atomic E-state index is 12.2. The van der Waals surface area contributed by atoms with E-state index in [0.29, 0.717) is 24.0 Å². The molecule has 0 atom stereocenters. The second-order valence-electron chi connectivity index (χ2n) is 6.36. The summed E-state index contributed by atoms with van der Waals surface area (Å²) in [6, 6.07) is 13.1. The minimum Gasteiger partial charge on any atom is -0.493 e. The SMILES string of the molecule is C=C(C)COc1ccc(/C=C2\N=C(c3ccc(C)cc3)OC2=O)cc1OC. The molecule has 0 N–H and O–H groups in total. The third-order valence-electron chi connectivity index (χ3n) is 3.88. The molecular formula is C22H21NO4. The smallest absolute Gasteiger partial charge is 0.363 e. The number of methoxy groups -OCH3 is 1. The van der Waals surface area contributed by atoms with E-state index in [4.69, 9.17) is 14.2 Å². The summed E-state index contributed by atoms with van der Waals surface area (Å²) in [6.45, 7) is 8.11. The summed E-state index contributed by atoms with van der Waals surface area (Å²) in [4.78, 5) is 16.5. The van der Waals surface area contributed by atoms with Gasteiger partial charge in [0, 0.05) is 5.56 Å². The molecule has 1 heterocycles. The van der Waals surface area contributed by atoms with Gasteiger partial charge >= 0.3 is 5.97 Å². The molecular weight excluding hydrogens is 342 g/mol. The van der Waals surface area contributed by atoms with Crippen LogP contribution in [0.5, 0.6) is 11.5 Å². The molecule has 2 aromatic rings. The first-order valence-electron chi connectivity index (χ1n) is 8.51. The molecule has 0 unspecified atom stereocenters. The van der Waals surface area contributed by atoms with E-state index in [1.165, 1.54) is 0 Å². The van der Waals surface area contributed by atoms with Crippen LogP contribution in [0.3, 0.4) is 0 Å². The molecule has 138 valence electrons. The number of hydrogen-bond acceptors (Lipinski definition) is 5. The van der Waals surface area contributed by atoms with Crippen LogP contribution < -0.4 is 9.47 Å².